The second kappa shape index (κ2) is 7.15. The summed E-state index contributed by atoms with van der Waals surface area (Å²) in [5, 5.41) is 12.2. The van der Waals surface area contributed by atoms with Crippen molar-refractivity contribution in [1.82, 2.24) is 15.1 Å². The third-order valence-corrected chi connectivity index (χ3v) is 3.13. The molecule has 3 amide bonds. The van der Waals surface area contributed by atoms with Crippen LogP contribution in [0.3, 0.4) is 0 Å². The first kappa shape index (κ1) is 16.1. The summed E-state index contributed by atoms with van der Waals surface area (Å²) >= 11 is 11.8. The van der Waals surface area contributed by atoms with Gasteiger partial charge in [-0.15, -0.1) is 0 Å². The van der Waals surface area contributed by atoms with Crippen LogP contribution >= 0.6 is 23.2 Å². The number of urea groups is 1. The summed E-state index contributed by atoms with van der Waals surface area (Å²) in [6.45, 7) is -0.221. The third-order valence-electron chi connectivity index (χ3n) is 2.57. The van der Waals surface area contributed by atoms with Crippen LogP contribution < -0.4 is 16.0 Å². The summed E-state index contributed by atoms with van der Waals surface area (Å²) in [5.74, 6) is -0.0429. The Kier molecular flexibility index (Phi) is 5.24. The third kappa shape index (κ3) is 4.64. The molecule has 0 aliphatic heterocycles. The quantitative estimate of drug-likeness (QED) is 0.798. The molecule has 0 atom stereocenters. The molecule has 0 radical (unpaired) electrons. The van der Waals surface area contributed by atoms with E-state index in [9.17, 15) is 9.59 Å². The minimum atomic E-state index is -0.536. The van der Waals surface area contributed by atoms with Crippen molar-refractivity contribution in [2.75, 3.05) is 17.2 Å². The first-order valence-electron chi connectivity index (χ1n) is 6.23. The highest BCUT2D eigenvalue weighted by Crippen LogP contribution is 2.25. The molecular formula is C13H13Cl2N5O2. The number of nitrogens with one attached hydrogen (secondary N) is 3. The molecule has 0 bridgehead atoms. The fourth-order valence-corrected chi connectivity index (χ4v) is 1.93. The lowest BCUT2D eigenvalue weighted by Crippen LogP contribution is -2.35. The van der Waals surface area contributed by atoms with Crippen LogP contribution in [0.5, 0.6) is 0 Å². The van der Waals surface area contributed by atoms with E-state index < -0.39 is 11.9 Å². The van der Waals surface area contributed by atoms with Gasteiger partial charge < -0.3 is 10.6 Å². The summed E-state index contributed by atoms with van der Waals surface area (Å²) in [6, 6.07) is 5.80. The Hall–Kier alpha value is -2.25. The Morgan fingerprint density at radius 2 is 2.00 bits per heavy atom. The second-order valence-electron chi connectivity index (χ2n) is 4.35. The van der Waals surface area contributed by atoms with E-state index in [2.05, 4.69) is 21.0 Å². The summed E-state index contributed by atoms with van der Waals surface area (Å²) in [6.07, 6.45) is 1.68. The van der Waals surface area contributed by atoms with E-state index in [1.807, 2.05) is 0 Å². The first-order valence-corrected chi connectivity index (χ1v) is 6.99. The number of carbonyl (C=O) groups excluding carboxylic acids is 2. The van der Waals surface area contributed by atoms with E-state index in [-0.39, 0.29) is 6.54 Å². The van der Waals surface area contributed by atoms with Crippen LogP contribution in [0.15, 0.2) is 30.5 Å². The average molecular weight is 342 g/mol. The molecule has 0 aliphatic carbocycles. The zero-order valence-corrected chi connectivity index (χ0v) is 13.1. The summed E-state index contributed by atoms with van der Waals surface area (Å²) in [4.78, 5) is 23.4. The van der Waals surface area contributed by atoms with Gasteiger partial charge in [-0.3, -0.25) is 14.8 Å². The molecule has 0 unspecified atom stereocenters. The highest BCUT2D eigenvalue weighted by atomic mass is 35.5. The smallest absolute Gasteiger partial charge is 0.320 e. The minimum Gasteiger partial charge on any atom is -0.329 e. The second-order valence-corrected chi connectivity index (χ2v) is 5.20. The summed E-state index contributed by atoms with van der Waals surface area (Å²) in [7, 11) is 1.73. The monoisotopic (exact) mass is 341 g/mol. The van der Waals surface area contributed by atoms with Crippen molar-refractivity contribution in [3.8, 4) is 0 Å². The Morgan fingerprint density at radius 3 is 2.68 bits per heavy atom. The van der Waals surface area contributed by atoms with Gasteiger partial charge in [0.05, 0.1) is 17.3 Å². The van der Waals surface area contributed by atoms with Crippen molar-refractivity contribution < 1.29 is 9.59 Å². The molecular weight excluding hydrogens is 329 g/mol. The number of halogens is 2. The van der Waals surface area contributed by atoms with Crippen molar-refractivity contribution in [1.29, 1.82) is 0 Å². The number of hydrogen-bond donors (Lipinski definition) is 3. The van der Waals surface area contributed by atoms with Gasteiger partial charge in [-0.1, -0.05) is 23.2 Å². The van der Waals surface area contributed by atoms with Crippen molar-refractivity contribution >= 4 is 46.6 Å². The van der Waals surface area contributed by atoms with E-state index in [4.69, 9.17) is 23.2 Å². The SMILES string of the molecule is Cn1ccc(NC(=O)NCC(=O)Nc2cc(Cl)ccc2Cl)n1. The lowest BCUT2D eigenvalue weighted by atomic mass is 10.3. The molecule has 2 rings (SSSR count). The van der Waals surface area contributed by atoms with Crippen LogP contribution in [0.25, 0.3) is 0 Å². The van der Waals surface area contributed by atoms with E-state index in [0.29, 0.717) is 21.6 Å². The van der Waals surface area contributed by atoms with Crippen molar-refractivity contribution in [2.45, 2.75) is 0 Å². The molecule has 2 aromatic rings. The minimum absolute atomic E-state index is 0.221. The maximum atomic E-state index is 11.8. The number of amides is 3. The maximum absolute atomic E-state index is 11.8. The Labute approximate surface area is 136 Å². The average Bonchev–Trinajstić information content (AvgIpc) is 2.86. The fourth-order valence-electron chi connectivity index (χ4n) is 1.59. The largest absolute Gasteiger partial charge is 0.329 e. The number of carbonyl (C=O) groups is 2. The van der Waals surface area contributed by atoms with Gasteiger partial charge in [0.25, 0.3) is 0 Å². The zero-order valence-electron chi connectivity index (χ0n) is 11.6. The number of anilines is 2. The zero-order chi connectivity index (χ0) is 16.1. The van der Waals surface area contributed by atoms with E-state index >= 15 is 0 Å². The van der Waals surface area contributed by atoms with Gasteiger partial charge >= 0.3 is 6.03 Å². The predicted molar refractivity (Wildman–Crippen MR) is 85.3 cm³/mol. The summed E-state index contributed by atoms with van der Waals surface area (Å²) in [5.41, 5.74) is 0.381. The van der Waals surface area contributed by atoms with Crippen LogP contribution in [-0.4, -0.2) is 28.3 Å². The van der Waals surface area contributed by atoms with Gasteiger partial charge in [0.15, 0.2) is 5.82 Å². The molecule has 7 nitrogen and oxygen atoms in total. The molecule has 1 aromatic heterocycles. The van der Waals surface area contributed by atoms with Gasteiger partial charge in [-0.2, -0.15) is 5.10 Å². The Morgan fingerprint density at radius 1 is 1.23 bits per heavy atom. The molecule has 3 N–H and O–H groups in total. The molecule has 0 saturated heterocycles. The number of nitrogens with zero attached hydrogens (tertiary/aromatic N) is 2. The topological polar surface area (TPSA) is 88.0 Å². The van der Waals surface area contributed by atoms with E-state index in [1.54, 1.807) is 36.1 Å². The molecule has 22 heavy (non-hydrogen) atoms. The molecule has 0 fully saturated rings. The lowest BCUT2D eigenvalue weighted by molar-refractivity contribution is -0.115. The molecule has 9 heteroatoms. The van der Waals surface area contributed by atoms with Gasteiger partial charge in [0, 0.05) is 24.3 Å². The summed E-state index contributed by atoms with van der Waals surface area (Å²) < 4.78 is 1.55. The molecule has 1 aromatic carbocycles. The van der Waals surface area contributed by atoms with Crippen LogP contribution in [0, 0.1) is 0 Å². The van der Waals surface area contributed by atoms with Crippen LogP contribution in [0.2, 0.25) is 10.0 Å². The standard InChI is InChI=1S/C13H13Cl2N5O2/c1-20-5-4-11(19-20)18-13(22)16-7-12(21)17-10-6-8(14)2-3-9(10)15/h2-6H,7H2,1H3,(H,17,21)(H2,16,18,19,22). The Bertz CT molecular complexity index is 701. The van der Waals surface area contributed by atoms with E-state index in [0.717, 1.165) is 0 Å². The number of aryl methyl sites for hydroxylation is 1. The van der Waals surface area contributed by atoms with E-state index in [1.165, 1.54) is 6.07 Å². The van der Waals surface area contributed by atoms with Crippen molar-refractivity contribution in [3.05, 3.63) is 40.5 Å². The number of aromatic nitrogens is 2. The van der Waals surface area contributed by atoms with Crippen LogP contribution in [0.1, 0.15) is 0 Å². The molecule has 0 aliphatic rings. The fraction of sp³-hybridized carbons (Fsp3) is 0.154. The van der Waals surface area contributed by atoms with Gasteiger partial charge in [-0.05, 0) is 18.2 Å². The molecule has 0 saturated carbocycles. The van der Waals surface area contributed by atoms with Gasteiger partial charge in [0.1, 0.15) is 0 Å². The number of rotatable bonds is 4. The van der Waals surface area contributed by atoms with Crippen molar-refractivity contribution in [3.63, 3.8) is 0 Å². The van der Waals surface area contributed by atoms with Gasteiger partial charge in [0.2, 0.25) is 5.91 Å². The highest BCUT2D eigenvalue weighted by Gasteiger charge is 2.09. The first-order chi connectivity index (χ1) is 10.4. The van der Waals surface area contributed by atoms with Gasteiger partial charge in [-0.25, -0.2) is 4.79 Å². The predicted octanol–water partition coefficient (Wildman–Crippen LogP) is 2.49. The lowest BCUT2D eigenvalue weighted by Gasteiger charge is -2.09. The molecule has 1 heterocycles. The normalized spacial score (nSPS) is 10.1. The molecule has 116 valence electrons. The maximum Gasteiger partial charge on any atom is 0.320 e. The van der Waals surface area contributed by atoms with Crippen LogP contribution in [0.4, 0.5) is 16.3 Å². The number of hydrogen-bond acceptors (Lipinski definition) is 3. The highest BCUT2D eigenvalue weighted by molar-refractivity contribution is 6.35. The number of benzene rings is 1. The Balaban J connectivity index is 1.82. The van der Waals surface area contributed by atoms with Crippen molar-refractivity contribution in [2.24, 2.45) is 7.05 Å². The molecule has 0 spiro atoms. The van der Waals surface area contributed by atoms with Crippen LogP contribution in [-0.2, 0) is 11.8 Å².